The molecule has 0 radical (unpaired) electrons. The fourth-order valence-corrected chi connectivity index (χ4v) is 5.33. The highest BCUT2D eigenvalue weighted by atomic mass is 16.5. The van der Waals surface area contributed by atoms with Gasteiger partial charge in [-0.2, -0.15) is 0 Å². The summed E-state index contributed by atoms with van der Waals surface area (Å²) in [5.41, 5.74) is 1.09. The fourth-order valence-electron chi connectivity index (χ4n) is 5.33. The molecule has 1 N–H and O–H groups in total. The highest BCUT2D eigenvalue weighted by Gasteiger charge is 2.35. The Morgan fingerprint density at radius 3 is 2.76 bits per heavy atom. The molecule has 4 heterocycles. The van der Waals surface area contributed by atoms with E-state index in [0.29, 0.717) is 57.1 Å². The van der Waals surface area contributed by atoms with E-state index in [1.807, 2.05) is 38.1 Å². The van der Waals surface area contributed by atoms with Crippen molar-refractivity contribution >= 4 is 16.9 Å². The van der Waals surface area contributed by atoms with Gasteiger partial charge >= 0.3 is 5.97 Å². The van der Waals surface area contributed by atoms with E-state index in [9.17, 15) is 9.59 Å². The van der Waals surface area contributed by atoms with Crippen LogP contribution < -0.4 is 10.3 Å². The largest absolute Gasteiger partial charge is 0.494 e. The number of hydrogen-bond donors (Lipinski definition) is 1. The third-order valence-corrected chi connectivity index (χ3v) is 7.17. The molecule has 2 aromatic heterocycles. The molecular formula is C26H34N6O5. The van der Waals surface area contributed by atoms with Crippen molar-refractivity contribution in [3.05, 3.63) is 46.0 Å². The molecule has 0 spiro atoms. The second-order valence-corrected chi connectivity index (χ2v) is 9.55. The summed E-state index contributed by atoms with van der Waals surface area (Å²) in [6.45, 7) is 7.16. The minimum absolute atomic E-state index is 0.0427. The average molecular weight is 511 g/mol. The molecule has 5 rings (SSSR count). The molecule has 0 aliphatic carbocycles. The highest BCUT2D eigenvalue weighted by Crippen LogP contribution is 2.32. The maximum Gasteiger partial charge on any atom is 0.309 e. The second-order valence-electron chi connectivity index (χ2n) is 9.55. The van der Waals surface area contributed by atoms with Gasteiger partial charge in [0.05, 0.1) is 31.8 Å². The summed E-state index contributed by atoms with van der Waals surface area (Å²) in [5.74, 6) is 1.02. The first-order valence-corrected chi connectivity index (χ1v) is 13.2. The number of hydrogen-bond acceptors (Lipinski definition) is 9. The third kappa shape index (κ3) is 5.52. The topological polar surface area (TPSA) is 124 Å². The standard InChI is InChI=1S/C26H34N6O5/c1-3-35-19-7-8-22-18(14-19)15-21(25(33)27-22)23(31-11-9-17(10-12-31)26(34)36-4-2)24-28-29-30-32(24)16-20-6-5-13-37-20/h7-8,14-15,17,20,23H,3-6,9-13,16H2,1-2H3,(H,27,33)/t20-,23+/m1/s1. The van der Waals surface area contributed by atoms with Crippen molar-refractivity contribution in [2.75, 3.05) is 32.9 Å². The van der Waals surface area contributed by atoms with E-state index in [1.165, 1.54) is 0 Å². The maximum absolute atomic E-state index is 13.4. The molecule has 2 aliphatic rings. The molecule has 1 aromatic carbocycles. The number of tetrazole rings is 1. The molecule has 0 amide bonds. The second kappa shape index (κ2) is 11.4. The number of nitrogens with zero attached hydrogens (tertiary/aromatic N) is 5. The lowest BCUT2D eigenvalue weighted by Gasteiger charge is -2.36. The van der Waals surface area contributed by atoms with Crippen LogP contribution in [0.1, 0.15) is 57.0 Å². The van der Waals surface area contributed by atoms with Crippen molar-refractivity contribution in [3.8, 4) is 5.75 Å². The van der Waals surface area contributed by atoms with Crippen molar-refractivity contribution < 1.29 is 19.0 Å². The fraction of sp³-hybridized carbons (Fsp3) is 0.577. The predicted octanol–water partition coefficient (Wildman–Crippen LogP) is 2.46. The third-order valence-electron chi connectivity index (χ3n) is 7.17. The molecule has 2 fully saturated rings. The van der Waals surface area contributed by atoms with Gasteiger partial charge in [0.25, 0.3) is 5.56 Å². The van der Waals surface area contributed by atoms with E-state index < -0.39 is 6.04 Å². The van der Waals surface area contributed by atoms with Gasteiger partial charge in [-0.3, -0.25) is 14.5 Å². The number of ether oxygens (including phenoxy) is 3. The van der Waals surface area contributed by atoms with E-state index in [4.69, 9.17) is 14.2 Å². The minimum Gasteiger partial charge on any atom is -0.494 e. The SMILES string of the molecule is CCOC(=O)C1CCN([C@@H](c2cc3cc(OCC)ccc3[nH]c2=O)c2nnnn2C[C@H]2CCCO2)CC1. The van der Waals surface area contributed by atoms with Gasteiger partial charge in [-0.25, -0.2) is 4.68 Å². The Hall–Kier alpha value is -3.31. The molecule has 198 valence electrons. The van der Waals surface area contributed by atoms with Crippen molar-refractivity contribution in [3.63, 3.8) is 0 Å². The first-order valence-electron chi connectivity index (χ1n) is 13.2. The molecule has 11 nitrogen and oxygen atoms in total. The van der Waals surface area contributed by atoms with E-state index >= 15 is 0 Å². The Balaban J connectivity index is 1.52. The predicted molar refractivity (Wildman–Crippen MR) is 135 cm³/mol. The zero-order valence-electron chi connectivity index (χ0n) is 21.4. The zero-order valence-corrected chi connectivity index (χ0v) is 21.4. The van der Waals surface area contributed by atoms with Crippen LogP contribution in [0.3, 0.4) is 0 Å². The molecule has 37 heavy (non-hydrogen) atoms. The Bertz CT molecular complexity index is 1280. The summed E-state index contributed by atoms with van der Waals surface area (Å²) in [4.78, 5) is 31.0. The molecule has 2 aliphatic heterocycles. The Kier molecular flexibility index (Phi) is 7.80. The number of nitrogens with one attached hydrogen (secondary N) is 1. The van der Waals surface area contributed by atoms with Gasteiger partial charge in [-0.15, -0.1) is 5.10 Å². The average Bonchev–Trinajstić information content (AvgIpc) is 3.58. The Morgan fingerprint density at radius 2 is 2.03 bits per heavy atom. The molecule has 0 saturated carbocycles. The summed E-state index contributed by atoms with van der Waals surface area (Å²) >= 11 is 0. The van der Waals surface area contributed by atoms with Crippen molar-refractivity contribution in [1.29, 1.82) is 0 Å². The van der Waals surface area contributed by atoms with Crippen LogP contribution >= 0.6 is 0 Å². The number of aromatic nitrogens is 5. The number of esters is 1. The van der Waals surface area contributed by atoms with Crippen LogP contribution in [0.4, 0.5) is 0 Å². The number of piperidine rings is 1. The lowest BCUT2D eigenvalue weighted by atomic mass is 9.94. The molecule has 2 atom stereocenters. The number of fused-ring (bicyclic) bond motifs is 1. The molecule has 2 saturated heterocycles. The van der Waals surface area contributed by atoms with Crippen molar-refractivity contribution in [2.45, 2.75) is 58.2 Å². The quantitative estimate of drug-likeness (QED) is 0.432. The van der Waals surface area contributed by atoms with Crippen molar-refractivity contribution in [1.82, 2.24) is 30.1 Å². The van der Waals surface area contributed by atoms with Crippen molar-refractivity contribution in [2.24, 2.45) is 5.92 Å². The Morgan fingerprint density at radius 1 is 1.19 bits per heavy atom. The van der Waals surface area contributed by atoms with E-state index in [1.54, 1.807) is 4.68 Å². The van der Waals surface area contributed by atoms with Crippen LogP contribution in [-0.4, -0.2) is 75.1 Å². The van der Waals surface area contributed by atoms with E-state index in [2.05, 4.69) is 25.4 Å². The van der Waals surface area contributed by atoms with Crippen LogP contribution in [0, 0.1) is 5.92 Å². The number of carbonyl (C=O) groups is 1. The number of pyridine rings is 1. The number of carbonyl (C=O) groups excluding carboxylic acids is 1. The number of benzene rings is 1. The van der Waals surface area contributed by atoms with Crippen LogP contribution in [0.25, 0.3) is 10.9 Å². The minimum atomic E-state index is -0.483. The van der Waals surface area contributed by atoms with Gasteiger partial charge < -0.3 is 19.2 Å². The summed E-state index contributed by atoms with van der Waals surface area (Å²) < 4.78 is 18.5. The summed E-state index contributed by atoms with van der Waals surface area (Å²) in [7, 11) is 0. The summed E-state index contributed by atoms with van der Waals surface area (Å²) in [6, 6.07) is 7.05. The van der Waals surface area contributed by atoms with Gasteiger partial charge in [-0.1, -0.05) is 0 Å². The lowest BCUT2D eigenvalue weighted by Crippen LogP contribution is -2.42. The summed E-state index contributed by atoms with van der Waals surface area (Å²) in [5, 5.41) is 13.5. The van der Waals surface area contributed by atoms with Gasteiger partial charge in [0.2, 0.25) is 0 Å². The molecule has 3 aromatic rings. The zero-order chi connectivity index (χ0) is 25.8. The molecular weight excluding hydrogens is 476 g/mol. The Labute approximate surface area is 215 Å². The highest BCUT2D eigenvalue weighted by molar-refractivity contribution is 5.80. The van der Waals surface area contributed by atoms with Gasteiger partial charge in [0.15, 0.2) is 5.82 Å². The maximum atomic E-state index is 13.4. The number of aromatic amines is 1. The van der Waals surface area contributed by atoms with Gasteiger partial charge in [0.1, 0.15) is 11.8 Å². The van der Waals surface area contributed by atoms with Crippen LogP contribution in [0.5, 0.6) is 5.75 Å². The van der Waals surface area contributed by atoms with Crippen LogP contribution in [0.2, 0.25) is 0 Å². The number of H-pyrrole nitrogens is 1. The van der Waals surface area contributed by atoms with Gasteiger partial charge in [-0.05, 0) is 74.2 Å². The molecule has 11 heteroatoms. The monoisotopic (exact) mass is 510 g/mol. The van der Waals surface area contributed by atoms with E-state index in [0.717, 1.165) is 36.1 Å². The first kappa shape index (κ1) is 25.3. The smallest absolute Gasteiger partial charge is 0.309 e. The van der Waals surface area contributed by atoms with Crippen LogP contribution in [0.15, 0.2) is 29.1 Å². The number of likely N-dealkylation sites (tertiary alicyclic amines) is 1. The van der Waals surface area contributed by atoms with Gasteiger partial charge in [0, 0.05) is 36.2 Å². The van der Waals surface area contributed by atoms with Crippen LogP contribution in [-0.2, 0) is 20.8 Å². The lowest BCUT2D eigenvalue weighted by molar-refractivity contribution is -0.149. The number of rotatable bonds is 9. The normalized spacial score (nSPS) is 19.8. The first-order chi connectivity index (χ1) is 18.1. The van der Waals surface area contributed by atoms with E-state index in [-0.39, 0.29) is 23.6 Å². The summed E-state index contributed by atoms with van der Waals surface area (Å²) in [6.07, 6.45) is 3.29. The molecule has 0 bridgehead atoms. The molecule has 0 unspecified atom stereocenters.